The Morgan fingerprint density at radius 1 is 1.29 bits per heavy atom. The first-order chi connectivity index (χ1) is 10.1. The molecule has 1 aromatic carbocycles. The number of fused-ring (bicyclic) bond motifs is 1. The molecule has 2 heterocycles. The third-order valence-corrected chi connectivity index (χ3v) is 3.03. The van der Waals surface area contributed by atoms with Crippen molar-refractivity contribution < 1.29 is 13.5 Å². The third-order valence-electron chi connectivity index (χ3n) is 2.80. The molecule has 0 aliphatic rings. The Kier molecular flexibility index (Phi) is 3.30. The first-order valence-electron chi connectivity index (χ1n) is 5.75. The summed E-state index contributed by atoms with van der Waals surface area (Å²) in [5, 5.41) is 7.98. The zero-order chi connectivity index (χ0) is 15.0. The molecule has 0 saturated heterocycles. The maximum absolute atomic E-state index is 12.5. The number of benzene rings is 1. The number of nitrogens with zero attached hydrogens (tertiary/aromatic N) is 4. The van der Waals surface area contributed by atoms with Crippen molar-refractivity contribution in [1.82, 2.24) is 19.6 Å². The second-order valence-corrected chi connectivity index (χ2v) is 4.51. The van der Waals surface area contributed by atoms with Crippen LogP contribution in [-0.2, 0) is 0 Å². The maximum Gasteiger partial charge on any atom is 0.387 e. The van der Waals surface area contributed by atoms with Crippen molar-refractivity contribution in [1.29, 1.82) is 0 Å². The fourth-order valence-electron chi connectivity index (χ4n) is 1.93. The first-order valence-corrected chi connectivity index (χ1v) is 6.13. The summed E-state index contributed by atoms with van der Waals surface area (Å²) < 4.78 is 31.0. The van der Waals surface area contributed by atoms with Gasteiger partial charge in [-0.1, -0.05) is 11.6 Å². The predicted molar refractivity (Wildman–Crippen MR) is 72.3 cm³/mol. The molecule has 3 rings (SSSR count). The minimum absolute atomic E-state index is 0.0975. The minimum atomic E-state index is -2.98. The average Bonchev–Trinajstić information content (AvgIpc) is 2.90. The highest BCUT2D eigenvalue weighted by Crippen LogP contribution is 2.34. The van der Waals surface area contributed by atoms with Crippen LogP contribution in [0.5, 0.6) is 5.75 Å². The molecule has 2 aromatic heterocycles. The van der Waals surface area contributed by atoms with Crippen molar-refractivity contribution in [3.05, 3.63) is 35.7 Å². The van der Waals surface area contributed by atoms with Crippen LogP contribution < -0.4 is 10.5 Å². The molecule has 0 atom stereocenters. The van der Waals surface area contributed by atoms with E-state index in [0.29, 0.717) is 16.8 Å². The number of aromatic nitrogens is 4. The molecule has 6 nitrogen and oxygen atoms in total. The van der Waals surface area contributed by atoms with Gasteiger partial charge in [0.05, 0.1) is 11.7 Å². The molecule has 108 valence electrons. The van der Waals surface area contributed by atoms with Crippen molar-refractivity contribution in [3.8, 4) is 17.0 Å². The fourth-order valence-corrected chi connectivity index (χ4v) is 2.09. The van der Waals surface area contributed by atoms with E-state index < -0.39 is 6.61 Å². The lowest BCUT2D eigenvalue weighted by atomic mass is 10.1. The van der Waals surface area contributed by atoms with Crippen molar-refractivity contribution in [3.63, 3.8) is 0 Å². The zero-order valence-corrected chi connectivity index (χ0v) is 11.1. The Morgan fingerprint density at radius 2 is 2.10 bits per heavy atom. The first kappa shape index (κ1) is 13.5. The summed E-state index contributed by atoms with van der Waals surface area (Å²) in [6.07, 6.45) is 2.95. The van der Waals surface area contributed by atoms with Crippen LogP contribution >= 0.6 is 11.6 Å². The smallest absolute Gasteiger partial charge is 0.387 e. The third kappa shape index (κ3) is 2.45. The Morgan fingerprint density at radius 3 is 2.86 bits per heavy atom. The molecule has 0 aliphatic heterocycles. The van der Waals surface area contributed by atoms with Crippen molar-refractivity contribution in [2.45, 2.75) is 6.61 Å². The number of ether oxygens (including phenoxy) is 1. The van der Waals surface area contributed by atoms with Gasteiger partial charge >= 0.3 is 6.61 Å². The van der Waals surface area contributed by atoms with E-state index in [9.17, 15) is 8.78 Å². The van der Waals surface area contributed by atoms with Gasteiger partial charge in [-0.3, -0.25) is 4.40 Å². The number of nitrogens with two attached hydrogens (primary N) is 1. The van der Waals surface area contributed by atoms with Crippen LogP contribution in [0.2, 0.25) is 5.02 Å². The van der Waals surface area contributed by atoms with Crippen LogP contribution in [0.4, 0.5) is 14.7 Å². The van der Waals surface area contributed by atoms with E-state index in [0.717, 1.165) is 0 Å². The molecule has 0 saturated carbocycles. The van der Waals surface area contributed by atoms with E-state index in [1.165, 1.54) is 29.1 Å². The monoisotopic (exact) mass is 311 g/mol. The van der Waals surface area contributed by atoms with Gasteiger partial charge in [-0.25, -0.2) is 4.98 Å². The lowest BCUT2D eigenvalue weighted by molar-refractivity contribution is -0.0494. The van der Waals surface area contributed by atoms with E-state index in [1.807, 2.05) is 0 Å². The minimum Gasteiger partial charge on any atom is -0.434 e. The average molecular weight is 312 g/mol. The van der Waals surface area contributed by atoms with E-state index in [1.54, 1.807) is 6.07 Å². The summed E-state index contributed by atoms with van der Waals surface area (Å²) in [4.78, 5) is 3.94. The Hall–Kier alpha value is -2.48. The quantitative estimate of drug-likeness (QED) is 0.804. The Labute approximate surface area is 122 Å². The summed E-state index contributed by atoms with van der Waals surface area (Å²) in [5.41, 5.74) is 6.82. The molecule has 0 bridgehead atoms. The molecule has 0 unspecified atom stereocenters. The number of nitrogen functional groups attached to an aromatic ring is 1. The molecule has 21 heavy (non-hydrogen) atoms. The van der Waals surface area contributed by atoms with Crippen molar-refractivity contribution in [2.75, 3.05) is 5.73 Å². The summed E-state index contributed by atoms with van der Waals surface area (Å²) in [5.74, 6) is 0.0382. The predicted octanol–water partition coefficient (Wildman–Crippen LogP) is 2.63. The highest BCUT2D eigenvalue weighted by atomic mass is 35.5. The Bertz CT molecular complexity index is 807. The largest absolute Gasteiger partial charge is 0.434 e. The molecule has 0 amide bonds. The lowest BCUT2D eigenvalue weighted by Crippen LogP contribution is -2.06. The van der Waals surface area contributed by atoms with Gasteiger partial charge in [0, 0.05) is 10.6 Å². The van der Waals surface area contributed by atoms with Gasteiger partial charge in [-0.2, -0.15) is 8.78 Å². The van der Waals surface area contributed by atoms with Crippen LogP contribution in [0.3, 0.4) is 0 Å². The van der Waals surface area contributed by atoms with Gasteiger partial charge in [-0.05, 0) is 18.2 Å². The van der Waals surface area contributed by atoms with E-state index in [-0.39, 0.29) is 16.7 Å². The number of alkyl halides is 2. The lowest BCUT2D eigenvalue weighted by Gasteiger charge is -2.11. The number of hydrogen-bond acceptors (Lipinski definition) is 5. The van der Waals surface area contributed by atoms with E-state index in [2.05, 4.69) is 19.9 Å². The van der Waals surface area contributed by atoms with E-state index >= 15 is 0 Å². The van der Waals surface area contributed by atoms with Gasteiger partial charge in [0.1, 0.15) is 17.8 Å². The molecule has 0 aliphatic carbocycles. The fraction of sp³-hybridized carbons (Fsp3) is 0.0833. The van der Waals surface area contributed by atoms with Gasteiger partial charge in [0.15, 0.2) is 0 Å². The second-order valence-electron chi connectivity index (χ2n) is 4.07. The number of rotatable bonds is 3. The zero-order valence-electron chi connectivity index (χ0n) is 10.4. The van der Waals surface area contributed by atoms with E-state index in [4.69, 9.17) is 17.3 Å². The summed E-state index contributed by atoms with van der Waals surface area (Å²) in [6.45, 7) is -2.98. The number of anilines is 1. The Balaban J connectivity index is 2.23. The molecule has 0 spiro atoms. The number of imidazole rings is 1. The molecule has 3 aromatic rings. The van der Waals surface area contributed by atoms with Crippen LogP contribution in [0.15, 0.2) is 30.7 Å². The standard InChI is InChI=1S/C12H8ClF2N5O/c13-6-1-2-7(9(3-6)21-11(14)15)10-8-4-17-5-20(8)12(16)19-18-10/h1-5,11H,(H2,16,19). The van der Waals surface area contributed by atoms with Crippen molar-refractivity contribution >= 4 is 23.1 Å². The topological polar surface area (TPSA) is 78.3 Å². The molecule has 0 radical (unpaired) electrons. The van der Waals surface area contributed by atoms with Gasteiger partial charge in [0.25, 0.3) is 0 Å². The summed E-state index contributed by atoms with van der Waals surface area (Å²) in [7, 11) is 0. The van der Waals surface area contributed by atoms with Crippen molar-refractivity contribution in [2.24, 2.45) is 0 Å². The maximum atomic E-state index is 12.5. The van der Waals surface area contributed by atoms with Crippen LogP contribution in [-0.4, -0.2) is 26.2 Å². The van der Waals surface area contributed by atoms with Gasteiger partial charge in [0.2, 0.25) is 5.95 Å². The molecule has 2 N–H and O–H groups in total. The SMILES string of the molecule is Nc1nnc(-c2ccc(Cl)cc2OC(F)F)c2cncn12. The van der Waals surface area contributed by atoms with Crippen LogP contribution in [0.1, 0.15) is 0 Å². The summed E-state index contributed by atoms with van der Waals surface area (Å²) >= 11 is 5.81. The number of halogens is 3. The number of hydrogen-bond donors (Lipinski definition) is 1. The van der Waals surface area contributed by atoms with Crippen LogP contribution in [0, 0.1) is 0 Å². The molecule has 0 fully saturated rings. The summed E-state index contributed by atoms with van der Waals surface area (Å²) in [6, 6.07) is 4.35. The molecule has 9 heteroatoms. The normalized spacial score (nSPS) is 11.2. The highest BCUT2D eigenvalue weighted by molar-refractivity contribution is 6.30. The second kappa shape index (κ2) is 5.13. The van der Waals surface area contributed by atoms with Gasteiger partial charge < -0.3 is 10.5 Å². The van der Waals surface area contributed by atoms with Crippen LogP contribution in [0.25, 0.3) is 16.8 Å². The van der Waals surface area contributed by atoms with Gasteiger partial charge in [-0.15, -0.1) is 10.2 Å². The molecular formula is C12H8ClF2N5O. The molecular weight excluding hydrogens is 304 g/mol. The highest BCUT2D eigenvalue weighted by Gasteiger charge is 2.17.